The molecule has 1 N–H and O–H groups in total. The van der Waals surface area contributed by atoms with E-state index in [1.165, 1.54) is 0 Å². The fourth-order valence-electron chi connectivity index (χ4n) is 1.61. The molecule has 2 aromatic rings. The lowest BCUT2D eigenvalue weighted by Crippen LogP contribution is -1.96. The van der Waals surface area contributed by atoms with E-state index in [2.05, 4.69) is 15.2 Å². The average Bonchev–Trinajstić information content (AvgIpc) is 2.85. The van der Waals surface area contributed by atoms with Crippen LogP contribution in [0.5, 0.6) is 17.5 Å². The van der Waals surface area contributed by atoms with Crippen LogP contribution in [0.4, 0.5) is 0 Å². The number of aromatic nitrogens is 3. The van der Waals surface area contributed by atoms with Gasteiger partial charge >= 0.3 is 0 Å². The number of hydrogen-bond acceptors (Lipinski definition) is 5. The molecular weight excluding hydrogens is 222 g/mol. The van der Waals surface area contributed by atoms with Gasteiger partial charge in [-0.1, -0.05) is 0 Å². The van der Waals surface area contributed by atoms with Crippen molar-refractivity contribution in [2.75, 3.05) is 21.3 Å². The van der Waals surface area contributed by atoms with E-state index >= 15 is 0 Å². The van der Waals surface area contributed by atoms with E-state index in [1.807, 2.05) is 6.07 Å². The maximum Gasteiger partial charge on any atom is 0.257 e. The second-order valence-electron chi connectivity index (χ2n) is 3.22. The van der Waals surface area contributed by atoms with Gasteiger partial charge in [0, 0.05) is 11.8 Å². The Bertz CT molecular complexity index is 510. The van der Waals surface area contributed by atoms with E-state index in [1.54, 1.807) is 33.7 Å². The summed E-state index contributed by atoms with van der Waals surface area (Å²) in [6.07, 6.45) is 3.30. The second kappa shape index (κ2) is 4.73. The maximum atomic E-state index is 5.31. The number of hydrogen-bond donors (Lipinski definition) is 1. The molecule has 0 aliphatic rings. The molecule has 0 aliphatic heterocycles. The minimum absolute atomic E-state index is 0.424. The van der Waals surface area contributed by atoms with Crippen molar-refractivity contribution in [3.05, 3.63) is 18.5 Å². The van der Waals surface area contributed by atoms with Crippen molar-refractivity contribution in [3.63, 3.8) is 0 Å². The molecule has 0 bridgehead atoms. The number of rotatable bonds is 4. The predicted molar refractivity (Wildman–Crippen MR) is 61.5 cm³/mol. The van der Waals surface area contributed by atoms with Gasteiger partial charge in [0.05, 0.1) is 33.1 Å². The number of methoxy groups -OCH3 is 3. The van der Waals surface area contributed by atoms with Gasteiger partial charge in [0.1, 0.15) is 0 Å². The normalized spacial score (nSPS) is 10.1. The van der Waals surface area contributed by atoms with Crippen LogP contribution in [0.1, 0.15) is 0 Å². The summed E-state index contributed by atoms with van der Waals surface area (Å²) in [6, 6.07) is 1.81. The topological polar surface area (TPSA) is 69.3 Å². The fraction of sp³-hybridized carbons (Fsp3) is 0.273. The summed E-state index contributed by atoms with van der Waals surface area (Å²) in [4.78, 5) is 4.08. The van der Waals surface area contributed by atoms with Crippen LogP contribution in [-0.4, -0.2) is 36.5 Å². The van der Waals surface area contributed by atoms with E-state index in [4.69, 9.17) is 14.2 Å². The Morgan fingerprint density at radius 1 is 1.06 bits per heavy atom. The molecule has 6 nitrogen and oxygen atoms in total. The van der Waals surface area contributed by atoms with Crippen molar-refractivity contribution in [2.45, 2.75) is 0 Å². The number of aromatic amines is 1. The highest BCUT2D eigenvalue weighted by Gasteiger charge is 2.17. The Morgan fingerprint density at radius 3 is 2.53 bits per heavy atom. The van der Waals surface area contributed by atoms with E-state index < -0.39 is 0 Å². The van der Waals surface area contributed by atoms with Crippen molar-refractivity contribution in [1.29, 1.82) is 0 Å². The first kappa shape index (κ1) is 11.3. The van der Waals surface area contributed by atoms with E-state index in [0.29, 0.717) is 17.5 Å². The first-order chi connectivity index (χ1) is 8.31. The summed E-state index contributed by atoms with van der Waals surface area (Å²) in [7, 11) is 4.68. The zero-order valence-electron chi connectivity index (χ0n) is 9.85. The van der Waals surface area contributed by atoms with Crippen LogP contribution in [0.2, 0.25) is 0 Å². The number of ether oxygens (including phenoxy) is 3. The average molecular weight is 235 g/mol. The minimum atomic E-state index is 0.424. The van der Waals surface area contributed by atoms with Crippen LogP contribution in [-0.2, 0) is 0 Å². The van der Waals surface area contributed by atoms with Gasteiger partial charge in [-0.05, 0) is 6.07 Å². The Labute approximate surface area is 98.5 Å². The molecule has 0 saturated carbocycles. The maximum absolute atomic E-state index is 5.31. The molecule has 6 heteroatoms. The molecule has 17 heavy (non-hydrogen) atoms. The third kappa shape index (κ3) is 1.89. The summed E-state index contributed by atoms with van der Waals surface area (Å²) in [5.74, 6) is 1.54. The molecule has 2 rings (SSSR count). The molecule has 0 radical (unpaired) electrons. The lowest BCUT2D eigenvalue weighted by atomic mass is 10.1. The van der Waals surface area contributed by atoms with Gasteiger partial charge in [0.2, 0.25) is 5.88 Å². The standard InChI is InChI=1S/C11H13N3O3/c1-15-9-7(4-5-12-11(9)17-3)8-6-13-14-10(8)16-2/h4-6H,1-3H3,(H,13,14). The highest BCUT2D eigenvalue weighted by atomic mass is 16.5. The van der Waals surface area contributed by atoms with Gasteiger partial charge < -0.3 is 14.2 Å². The molecule has 0 aliphatic carbocycles. The number of pyridine rings is 1. The van der Waals surface area contributed by atoms with Crippen LogP contribution in [0.25, 0.3) is 11.1 Å². The molecule has 0 fully saturated rings. The van der Waals surface area contributed by atoms with Crippen molar-refractivity contribution in [2.24, 2.45) is 0 Å². The van der Waals surface area contributed by atoms with Gasteiger partial charge in [-0.2, -0.15) is 5.10 Å². The van der Waals surface area contributed by atoms with Crippen LogP contribution >= 0.6 is 0 Å². The molecule has 0 amide bonds. The largest absolute Gasteiger partial charge is 0.491 e. The Morgan fingerprint density at radius 2 is 1.88 bits per heavy atom. The Kier molecular flexibility index (Phi) is 3.13. The number of nitrogens with zero attached hydrogens (tertiary/aromatic N) is 2. The van der Waals surface area contributed by atoms with Crippen LogP contribution in [0.3, 0.4) is 0 Å². The molecule has 0 spiro atoms. The highest BCUT2D eigenvalue weighted by Crippen LogP contribution is 2.39. The summed E-state index contributed by atoms with van der Waals surface area (Å²) in [5.41, 5.74) is 1.61. The molecule has 2 aromatic heterocycles. The second-order valence-corrected chi connectivity index (χ2v) is 3.22. The third-order valence-corrected chi connectivity index (χ3v) is 2.37. The lowest BCUT2D eigenvalue weighted by Gasteiger charge is -2.10. The van der Waals surface area contributed by atoms with Crippen molar-refractivity contribution < 1.29 is 14.2 Å². The third-order valence-electron chi connectivity index (χ3n) is 2.37. The lowest BCUT2D eigenvalue weighted by molar-refractivity contribution is 0.344. The van der Waals surface area contributed by atoms with Crippen molar-refractivity contribution >= 4 is 0 Å². The zero-order chi connectivity index (χ0) is 12.3. The molecule has 90 valence electrons. The first-order valence-electron chi connectivity index (χ1n) is 4.96. The quantitative estimate of drug-likeness (QED) is 0.869. The summed E-state index contributed by atoms with van der Waals surface area (Å²) < 4.78 is 15.6. The van der Waals surface area contributed by atoms with Gasteiger partial charge in [-0.15, -0.1) is 0 Å². The van der Waals surface area contributed by atoms with Gasteiger partial charge in [-0.25, -0.2) is 10.1 Å². The summed E-state index contributed by atoms with van der Waals surface area (Å²) in [6.45, 7) is 0. The highest BCUT2D eigenvalue weighted by molar-refractivity contribution is 5.75. The summed E-state index contributed by atoms with van der Waals surface area (Å²) >= 11 is 0. The van der Waals surface area contributed by atoms with Gasteiger partial charge in [0.25, 0.3) is 5.88 Å². The molecule has 2 heterocycles. The fourth-order valence-corrected chi connectivity index (χ4v) is 1.61. The Hall–Kier alpha value is -2.24. The van der Waals surface area contributed by atoms with Gasteiger partial charge in [0.15, 0.2) is 5.75 Å². The van der Waals surface area contributed by atoms with Crippen molar-refractivity contribution in [1.82, 2.24) is 15.2 Å². The SMILES string of the molecule is COc1nccc(-c2cn[nH]c2OC)c1OC. The van der Waals surface area contributed by atoms with Crippen LogP contribution in [0, 0.1) is 0 Å². The predicted octanol–water partition coefficient (Wildman–Crippen LogP) is 1.50. The molecule has 0 atom stereocenters. The van der Waals surface area contributed by atoms with E-state index in [0.717, 1.165) is 11.1 Å². The monoisotopic (exact) mass is 235 g/mol. The number of H-pyrrole nitrogens is 1. The smallest absolute Gasteiger partial charge is 0.257 e. The first-order valence-corrected chi connectivity index (χ1v) is 4.96. The Balaban J connectivity index is 2.59. The molecular formula is C11H13N3O3. The number of nitrogens with one attached hydrogen (secondary N) is 1. The van der Waals surface area contributed by atoms with Crippen molar-refractivity contribution in [3.8, 4) is 28.6 Å². The summed E-state index contributed by atoms with van der Waals surface area (Å²) in [5, 5.41) is 6.69. The van der Waals surface area contributed by atoms with E-state index in [-0.39, 0.29) is 0 Å². The van der Waals surface area contributed by atoms with E-state index in [9.17, 15) is 0 Å². The molecule has 0 aromatic carbocycles. The van der Waals surface area contributed by atoms with Crippen LogP contribution < -0.4 is 14.2 Å². The zero-order valence-corrected chi connectivity index (χ0v) is 9.85. The van der Waals surface area contributed by atoms with Crippen LogP contribution in [0.15, 0.2) is 18.5 Å². The molecule has 0 saturated heterocycles. The minimum Gasteiger partial charge on any atom is -0.491 e. The molecule has 0 unspecified atom stereocenters. The van der Waals surface area contributed by atoms with Gasteiger partial charge in [-0.3, -0.25) is 0 Å².